The second-order valence-corrected chi connectivity index (χ2v) is 4.90. The molecule has 2 rings (SSSR count). The number of carbonyl (C=O) groups is 1. The SMILES string of the molecule is CCC(CC)C(=O)Nc1cccn2c(C)c(C)nc12. The van der Waals surface area contributed by atoms with E-state index in [4.69, 9.17) is 0 Å². The predicted octanol–water partition coefficient (Wildman–Crippen LogP) is 3.33. The van der Waals surface area contributed by atoms with Crippen molar-refractivity contribution >= 4 is 17.2 Å². The summed E-state index contributed by atoms with van der Waals surface area (Å²) in [5.74, 6) is 0.147. The lowest BCUT2D eigenvalue weighted by Crippen LogP contribution is -2.22. The molecule has 0 aliphatic rings. The van der Waals surface area contributed by atoms with Gasteiger partial charge in [-0.2, -0.15) is 0 Å². The predicted molar refractivity (Wildman–Crippen MR) is 77.4 cm³/mol. The Morgan fingerprint density at radius 1 is 1.37 bits per heavy atom. The fourth-order valence-electron chi connectivity index (χ4n) is 2.29. The van der Waals surface area contributed by atoms with Crippen LogP contribution in [0, 0.1) is 19.8 Å². The van der Waals surface area contributed by atoms with Crippen molar-refractivity contribution in [2.75, 3.05) is 5.32 Å². The third-order valence-electron chi connectivity index (χ3n) is 3.74. The Bertz CT molecular complexity index is 597. The van der Waals surface area contributed by atoms with Crippen LogP contribution in [0.1, 0.15) is 38.1 Å². The van der Waals surface area contributed by atoms with Gasteiger partial charge < -0.3 is 9.72 Å². The summed E-state index contributed by atoms with van der Waals surface area (Å²) in [7, 11) is 0. The van der Waals surface area contributed by atoms with Crippen molar-refractivity contribution in [3.63, 3.8) is 0 Å². The van der Waals surface area contributed by atoms with E-state index < -0.39 is 0 Å². The molecule has 0 saturated carbocycles. The first-order chi connectivity index (χ1) is 9.08. The van der Waals surface area contributed by atoms with Crippen molar-refractivity contribution in [1.82, 2.24) is 9.38 Å². The Hall–Kier alpha value is -1.84. The summed E-state index contributed by atoms with van der Waals surface area (Å²) in [6.07, 6.45) is 3.69. The number of rotatable bonds is 4. The summed E-state index contributed by atoms with van der Waals surface area (Å²) in [4.78, 5) is 16.7. The molecular weight excluding hydrogens is 238 g/mol. The van der Waals surface area contributed by atoms with Crippen molar-refractivity contribution in [3.05, 3.63) is 29.7 Å². The van der Waals surface area contributed by atoms with Crippen LogP contribution in [0.5, 0.6) is 0 Å². The molecule has 2 aromatic rings. The minimum atomic E-state index is 0.0670. The topological polar surface area (TPSA) is 46.4 Å². The van der Waals surface area contributed by atoms with Crippen molar-refractivity contribution in [3.8, 4) is 0 Å². The molecule has 0 radical (unpaired) electrons. The Morgan fingerprint density at radius 2 is 2.05 bits per heavy atom. The number of aryl methyl sites for hydroxylation is 2. The third-order valence-corrected chi connectivity index (χ3v) is 3.74. The maximum absolute atomic E-state index is 12.2. The van der Waals surface area contributed by atoms with Gasteiger partial charge in [-0.1, -0.05) is 13.8 Å². The second kappa shape index (κ2) is 5.43. The molecule has 2 heterocycles. The number of nitrogens with zero attached hydrogens (tertiary/aromatic N) is 2. The zero-order chi connectivity index (χ0) is 14.0. The number of pyridine rings is 1. The average Bonchev–Trinajstić information content (AvgIpc) is 2.69. The van der Waals surface area contributed by atoms with E-state index in [1.54, 1.807) is 0 Å². The molecule has 0 unspecified atom stereocenters. The zero-order valence-corrected chi connectivity index (χ0v) is 12.0. The molecule has 0 spiro atoms. The lowest BCUT2D eigenvalue weighted by molar-refractivity contribution is -0.120. The van der Waals surface area contributed by atoms with E-state index in [9.17, 15) is 4.79 Å². The highest BCUT2D eigenvalue weighted by molar-refractivity contribution is 5.95. The Balaban J connectivity index is 2.36. The van der Waals surface area contributed by atoms with Gasteiger partial charge in [0.2, 0.25) is 5.91 Å². The average molecular weight is 259 g/mol. The molecule has 19 heavy (non-hydrogen) atoms. The lowest BCUT2D eigenvalue weighted by Gasteiger charge is -2.13. The minimum absolute atomic E-state index is 0.0670. The van der Waals surface area contributed by atoms with E-state index in [0.717, 1.165) is 35.6 Å². The molecule has 0 atom stereocenters. The minimum Gasteiger partial charge on any atom is -0.323 e. The molecular formula is C15H21N3O. The Kier molecular flexibility index (Phi) is 3.88. The largest absolute Gasteiger partial charge is 0.323 e. The molecule has 102 valence electrons. The Labute approximate surface area is 113 Å². The first kappa shape index (κ1) is 13.6. The number of aromatic nitrogens is 2. The zero-order valence-electron chi connectivity index (χ0n) is 12.0. The van der Waals surface area contributed by atoms with Gasteiger partial charge in [0.25, 0.3) is 0 Å². The van der Waals surface area contributed by atoms with E-state index in [2.05, 4.69) is 10.3 Å². The fourth-order valence-corrected chi connectivity index (χ4v) is 2.29. The van der Waals surface area contributed by atoms with Crippen LogP contribution in [0.25, 0.3) is 5.65 Å². The molecule has 0 bridgehead atoms. The quantitative estimate of drug-likeness (QED) is 0.915. The van der Waals surface area contributed by atoms with Gasteiger partial charge in [-0.05, 0) is 38.8 Å². The van der Waals surface area contributed by atoms with Gasteiger partial charge in [0.05, 0.1) is 11.4 Å². The monoisotopic (exact) mass is 259 g/mol. The highest BCUT2D eigenvalue weighted by Crippen LogP contribution is 2.20. The molecule has 4 heteroatoms. The van der Waals surface area contributed by atoms with Crippen molar-refractivity contribution in [2.45, 2.75) is 40.5 Å². The molecule has 0 fully saturated rings. The normalized spacial score (nSPS) is 11.2. The van der Waals surface area contributed by atoms with Gasteiger partial charge in [-0.15, -0.1) is 0 Å². The molecule has 0 aromatic carbocycles. The summed E-state index contributed by atoms with van der Waals surface area (Å²) >= 11 is 0. The lowest BCUT2D eigenvalue weighted by atomic mass is 10.0. The smallest absolute Gasteiger partial charge is 0.227 e. The second-order valence-electron chi connectivity index (χ2n) is 4.90. The van der Waals surface area contributed by atoms with Crippen LogP contribution in [0.2, 0.25) is 0 Å². The van der Waals surface area contributed by atoms with Gasteiger partial charge >= 0.3 is 0 Å². The van der Waals surface area contributed by atoms with Crippen molar-refractivity contribution in [2.24, 2.45) is 5.92 Å². The van der Waals surface area contributed by atoms with Crippen LogP contribution in [0.4, 0.5) is 5.69 Å². The standard InChI is InChI=1S/C15H21N3O/c1-5-12(6-2)15(19)17-13-8-7-9-18-11(4)10(3)16-14(13)18/h7-9,12H,5-6H2,1-4H3,(H,17,19). The number of carbonyl (C=O) groups excluding carboxylic acids is 1. The highest BCUT2D eigenvalue weighted by atomic mass is 16.1. The number of nitrogens with one attached hydrogen (secondary N) is 1. The maximum Gasteiger partial charge on any atom is 0.227 e. The van der Waals surface area contributed by atoms with E-state index in [1.807, 2.05) is 50.4 Å². The number of anilines is 1. The maximum atomic E-state index is 12.2. The summed E-state index contributed by atoms with van der Waals surface area (Å²) in [5, 5.41) is 3.01. The third kappa shape index (κ3) is 2.48. The Morgan fingerprint density at radius 3 is 2.68 bits per heavy atom. The van der Waals surface area contributed by atoms with E-state index in [1.165, 1.54) is 0 Å². The van der Waals surface area contributed by atoms with Crippen LogP contribution >= 0.6 is 0 Å². The van der Waals surface area contributed by atoms with E-state index >= 15 is 0 Å². The molecule has 2 aromatic heterocycles. The summed E-state index contributed by atoms with van der Waals surface area (Å²) < 4.78 is 2.01. The highest BCUT2D eigenvalue weighted by Gasteiger charge is 2.16. The number of amides is 1. The molecule has 4 nitrogen and oxygen atoms in total. The summed E-state index contributed by atoms with van der Waals surface area (Å²) in [6, 6.07) is 3.84. The molecule has 1 N–H and O–H groups in total. The molecule has 0 aliphatic carbocycles. The first-order valence-electron chi connectivity index (χ1n) is 6.83. The molecule has 1 amide bonds. The van der Waals surface area contributed by atoms with Crippen LogP contribution in [0.3, 0.4) is 0 Å². The van der Waals surface area contributed by atoms with Crippen molar-refractivity contribution < 1.29 is 4.79 Å². The van der Waals surface area contributed by atoms with Gasteiger partial charge in [0, 0.05) is 17.8 Å². The molecule has 0 aliphatic heterocycles. The van der Waals surface area contributed by atoms with Crippen LogP contribution in [0.15, 0.2) is 18.3 Å². The fraction of sp³-hybridized carbons (Fsp3) is 0.467. The summed E-state index contributed by atoms with van der Waals surface area (Å²) in [5.41, 5.74) is 3.70. The number of imidazole rings is 1. The number of hydrogen-bond donors (Lipinski definition) is 1. The van der Waals surface area contributed by atoms with Crippen LogP contribution in [-0.4, -0.2) is 15.3 Å². The van der Waals surface area contributed by atoms with Gasteiger partial charge in [-0.3, -0.25) is 4.79 Å². The first-order valence-corrected chi connectivity index (χ1v) is 6.83. The summed E-state index contributed by atoms with van der Waals surface area (Å²) in [6.45, 7) is 8.09. The van der Waals surface area contributed by atoms with E-state index in [0.29, 0.717) is 0 Å². The van der Waals surface area contributed by atoms with Gasteiger partial charge in [-0.25, -0.2) is 4.98 Å². The molecule has 0 saturated heterocycles. The van der Waals surface area contributed by atoms with Gasteiger partial charge in [0.1, 0.15) is 0 Å². The van der Waals surface area contributed by atoms with E-state index in [-0.39, 0.29) is 11.8 Å². The van der Waals surface area contributed by atoms with Crippen LogP contribution in [-0.2, 0) is 4.79 Å². The van der Waals surface area contributed by atoms with Gasteiger partial charge in [0.15, 0.2) is 5.65 Å². The number of hydrogen-bond acceptors (Lipinski definition) is 2. The van der Waals surface area contributed by atoms with Crippen LogP contribution < -0.4 is 5.32 Å². The number of fused-ring (bicyclic) bond motifs is 1. The van der Waals surface area contributed by atoms with Crippen molar-refractivity contribution in [1.29, 1.82) is 0 Å².